The topological polar surface area (TPSA) is 37.3 Å². The van der Waals surface area contributed by atoms with Crippen LogP contribution in [0.2, 0.25) is 0 Å². The van der Waals surface area contributed by atoms with E-state index < -0.39 is 0 Å². The van der Waals surface area contributed by atoms with Crippen molar-refractivity contribution in [3.8, 4) is 0 Å². The number of aromatic nitrogens is 1. The smallest absolute Gasteiger partial charge is 0.255 e. The Balaban J connectivity index is 2.07. The van der Waals surface area contributed by atoms with Crippen LogP contribution < -0.4 is 10.9 Å². The maximum Gasteiger partial charge on any atom is 0.255 e. The van der Waals surface area contributed by atoms with E-state index in [-0.39, 0.29) is 5.56 Å². The van der Waals surface area contributed by atoms with Crippen molar-refractivity contribution >= 4 is 0 Å². The molecule has 0 radical (unpaired) electrons. The first kappa shape index (κ1) is 12.9. The molecule has 0 unspecified atom stereocenters. The fraction of sp³-hybridized carbons (Fsp3) is 0.667. The van der Waals surface area contributed by atoms with Crippen molar-refractivity contribution in [2.24, 2.45) is 0 Å². The molecule has 3 rings (SSSR count). The summed E-state index contributed by atoms with van der Waals surface area (Å²) in [6.45, 7) is 6.04. The second kappa shape index (κ2) is 5.10. The number of fused-ring (bicyclic) bond motifs is 1. The van der Waals surface area contributed by atoms with E-state index in [0.717, 1.165) is 31.6 Å². The normalized spacial score (nSPS) is 19.5. The van der Waals surface area contributed by atoms with E-state index in [9.17, 15) is 4.79 Å². The van der Waals surface area contributed by atoms with Gasteiger partial charge in [-0.2, -0.15) is 0 Å². The second-order valence-corrected chi connectivity index (χ2v) is 5.70. The van der Waals surface area contributed by atoms with Gasteiger partial charge in [-0.15, -0.1) is 0 Å². The molecule has 0 atom stereocenters. The Morgan fingerprint density at radius 1 is 1.42 bits per heavy atom. The van der Waals surface area contributed by atoms with E-state index >= 15 is 0 Å². The minimum absolute atomic E-state index is 0.237. The highest BCUT2D eigenvalue weighted by Crippen LogP contribution is 2.36. The Hall–Kier alpha value is -1.13. The first-order chi connectivity index (χ1) is 9.24. The number of likely N-dealkylation sites (N-methyl/N-ethyl adjacent to an activating group) is 1. The van der Waals surface area contributed by atoms with Gasteiger partial charge in [0.05, 0.1) is 0 Å². The zero-order chi connectivity index (χ0) is 13.4. The number of nitrogens with one attached hydrogen (secondary N) is 1. The summed E-state index contributed by atoms with van der Waals surface area (Å²) in [5.41, 5.74) is 3.83. The first-order valence-electron chi connectivity index (χ1n) is 7.37. The number of rotatable bonds is 4. The minimum atomic E-state index is 0.237. The predicted octanol–water partition coefficient (Wildman–Crippen LogP) is 1.28. The zero-order valence-corrected chi connectivity index (χ0v) is 11.9. The molecule has 0 aromatic carbocycles. The van der Waals surface area contributed by atoms with Gasteiger partial charge < -0.3 is 9.88 Å². The molecule has 2 heterocycles. The Labute approximate surface area is 114 Å². The highest BCUT2D eigenvalue weighted by molar-refractivity contribution is 5.30. The van der Waals surface area contributed by atoms with Crippen molar-refractivity contribution in [3.63, 3.8) is 0 Å². The lowest BCUT2D eigenvalue weighted by atomic mass is 10.0. The second-order valence-electron chi connectivity index (χ2n) is 5.70. The van der Waals surface area contributed by atoms with Crippen LogP contribution in [0.25, 0.3) is 0 Å². The van der Waals surface area contributed by atoms with Crippen LogP contribution in [0, 0.1) is 0 Å². The molecule has 104 valence electrons. The minimum Gasteiger partial charge on any atom is -0.315 e. The Morgan fingerprint density at radius 2 is 2.21 bits per heavy atom. The van der Waals surface area contributed by atoms with Crippen molar-refractivity contribution in [2.45, 2.75) is 45.3 Å². The van der Waals surface area contributed by atoms with Gasteiger partial charge in [0.2, 0.25) is 0 Å². The SMILES string of the molecule is CCN1CCc2c(cc(CNC)c(=O)n2C2CC2)C1. The van der Waals surface area contributed by atoms with Crippen LogP contribution >= 0.6 is 0 Å². The fourth-order valence-electron chi connectivity index (χ4n) is 3.10. The maximum absolute atomic E-state index is 12.6. The van der Waals surface area contributed by atoms with Crippen LogP contribution in [-0.4, -0.2) is 29.6 Å². The van der Waals surface area contributed by atoms with Gasteiger partial charge in [0.25, 0.3) is 5.56 Å². The molecule has 0 saturated heterocycles. The molecule has 1 fully saturated rings. The first-order valence-corrected chi connectivity index (χ1v) is 7.37. The summed E-state index contributed by atoms with van der Waals surface area (Å²) in [6, 6.07) is 2.61. The monoisotopic (exact) mass is 261 g/mol. The van der Waals surface area contributed by atoms with Crippen molar-refractivity contribution in [3.05, 3.63) is 33.2 Å². The van der Waals surface area contributed by atoms with Crippen LogP contribution in [0.4, 0.5) is 0 Å². The Bertz CT molecular complexity index is 531. The molecule has 1 aromatic heterocycles. The number of nitrogens with zero attached hydrogens (tertiary/aromatic N) is 2. The van der Waals surface area contributed by atoms with E-state index in [1.165, 1.54) is 24.1 Å². The quantitative estimate of drug-likeness (QED) is 0.887. The Kier molecular flexibility index (Phi) is 3.46. The highest BCUT2D eigenvalue weighted by atomic mass is 16.1. The van der Waals surface area contributed by atoms with Gasteiger partial charge in [-0.3, -0.25) is 9.69 Å². The van der Waals surface area contributed by atoms with Gasteiger partial charge in [0, 0.05) is 43.4 Å². The lowest BCUT2D eigenvalue weighted by molar-refractivity contribution is 0.261. The predicted molar refractivity (Wildman–Crippen MR) is 76.4 cm³/mol. The van der Waals surface area contributed by atoms with E-state index in [2.05, 4.69) is 27.8 Å². The van der Waals surface area contributed by atoms with Crippen LogP contribution in [0.5, 0.6) is 0 Å². The van der Waals surface area contributed by atoms with Gasteiger partial charge in [0.15, 0.2) is 0 Å². The van der Waals surface area contributed by atoms with E-state index in [1.54, 1.807) is 0 Å². The number of pyridine rings is 1. The number of hydrogen-bond acceptors (Lipinski definition) is 3. The molecule has 2 aliphatic rings. The van der Waals surface area contributed by atoms with Gasteiger partial charge >= 0.3 is 0 Å². The summed E-state index contributed by atoms with van der Waals surface area (Å²) in [6.07, 6.45) is 3.37. The maximum atomic E-state index is 12.6. The highest BCUT2D eigenvalue weighted by Gasteiger charge is 2.30. The molecule has 1 N–H and O–H groups in total. The molecule has 1 aromatic rings. The third kappa shape index (κ3) is 2.35. The van der Waals surface area contributed by atoms with Crippen molar-refractivity contribution < 1.29 is 0 Å². The lowest BCUT2D eigenvalue weighted by Gasteiger charge is -2.30. The van der Waals surface area contributed by atoms with Crippen LogP contribution in [0.3, 0.4) is 0 Å². The molecule has 4 heteroatoms. The van der Waals surface area contributed by atoms with Crippen LogP contribution in [0.1, 0.15) is 42.6 Å². The molecule has 0 spiro atoms. The summed E-state index contributed by atoms with van der Waals surface area (Å²) in [4.78, 5) is 15.0. The Morgan fingerprint density at radius 3 is 2.84 bits per heavy atom. The van der Waals surface area contributed by atoms with Crippen molar-refractivity contribution in [1.82, 2.24) is 14.8 Å². The molecule has 0 bridgehead atoms. The third-order valence-electron chi connectivity index (χ3n) is 4.29. The summed E-state index contributed by atoms with van der Waals surface area (Å²) in [5.74, 6) is 0. The molecule has 19 heavy (non-hydrogen) atoms. The fourth-order valence-corrected chi connectivity index (χ4v) is 3.10. The summed E-state index contributed by atoms with van der Waals surface area (Å²) in [5, 5.41) is 3.12. The lowest BCUT2D eigenvalue weighted by Crippen LogP contribution is -2.37. The summed E-state index contributed by atoms with van der Waals surface area (Å²) < 4.78 is 2.11. The van der Waals surface area contributed by atoms with Gasteiger partial charge in [-0.1, -0.05) is 6.92 Å². The van der Waals surface area contributed by atoms with Crippen molar-refractivity contribution in [2.75, 3.05) is 20.1 Å². The third-order valence-corrected chi connectivity index (χ3v) is 4.29. The van der Waals surface area contributed by atoms with Crippen LogP contribution in [-0.2, 0) is 19.5 Å². The average Bonchev–Trinajstić information content (AvgIpc) is 3.24. The summed E-state index contributed by atoms with van der Waals surface area (Å²) in [7, 11) is 1.90. The molecule has 1 aliphatic heterocycles. The molecular formula is C15H23N3O. The van der Waals surface area contributed by atoms with E-state index in [4.69, 9.17) is 0 Å². The number of hydrogen-bond donors (Lipinski definition) is 1. The van der Waals surface area contributed by atoms with Crippen LogP contribution in [0.15, 0.2) is 10.9 Å². The van der Waals surface area contributed by atoms with Gasteiger partial charge in [-0.05, 0) is 38.1 Å². The zero-order valence-electron chi connectivity index (χ0n) is 11.9. The standard InChI is InChI=1S/C15H23N3O/c1-3-17-7-6-14-12(10-17)8-11(9-16-2)15(19)18(14)13-4-5-13/h8,13,16H,3-7,9-10H2,1-2H3. The average molecular weight is 261 g/mol. The summed E-state index contributed by atoms with van der Waals surface area (Å²) >= 11 is 0. The molecule has 0 amide bonds. The molecule has 1 aliphatic carbocycles. The van der Waals surface area contributed by atoms with Gasteiger partial charge in [-0.25, -0.2) is 0 Å². The molecular weight excluding hydrogens is 238 g/mol. The van der Waals surface area contributed by atoms with Crippen molar-refractivity contribution in [1.29, 1.82) is 0 Å². The van der Waals surface area contributed by atoms with Gasteiger partial charge in [0.1, 0.15) is 0 Å². The molecule has 4 nitrogen and oxygen atoms in total. The van der Waals surface area contributed by atoms with E-state index in [0.29, 0.717) is 12.6 Å². The molecule has 1 saturated carbocycles. The van der Waals surface area contributed by atoms with E-state index in [1.807, 2.05) is 7.05 Å². The largest absolute Gasteiger partial charge is 0.315 e.